The fourth-order valence-corrected chi connectivity index (χ4v) is 4.11. The van der Waals surface area contributed by atoms with E-state index in [0.717, 1.165) is 11.3 Å². The molecule has 1 N–H and O–H groups in total. The second-order valence-electron chi connectivity index (χ2n) is 5.74. The summed E-state index contributed by atoms with van der Waals surface area (Å²) in [4.78, 5) is 12.0. The largest absolute Gasteiger partial charge is 0.493 e. The molecular formula is C15H21NO4S. The van der Waals surface area contributed by atoms with Crippen molar-refractivity contribution in [3.8, 4) is 5.75 Å². The summed E-state index contributed by atoms with van der Waals surface area (Å²) in [5.74, 6) is -0.0989. The van der Waals surface area contributed by atoms with Gasteiger partial charge in [-0.25, -0.2) is 8.42 Å². The van der Waals surface area contributed by atoms with Gasteiger partial charge in [0.05, 0.1) is 18.4 Å². The SMILES string of the molecule is CC(C)CS(=O)(=O)CC(=O)N[C@@H]1CCOc2ccccc21. The number of carbonyl (C=O) groups excluding carboxylic acids is 1. The van der Waals surface area contributed by atoms with Crippen LogP contribution in [0.4, 0.5) is 0 Å². The Morgan fingerprint density at radius 2 is 2.10 bits per heavy atom. The van der Waals surface area contributed by atoms with Crippen LogP contribution in [0, 0.1) is 5.92 Å². The van der Waals surface area contributed by atoms with E-state index in [4.69, 9.17) is 4.74 Å². The minimum Gasteiger partial charge on any atom is -0.493 e. The normalized spacial score (nSPS) is 18.0. The Bertz CT molecular complexity index is 610. The van der Waals surface area contributed by atoms with Gasteiger partial charge in [0.15, 0.2) is 9.84 Å². The van der Waals surface area contributed by atoms with E-state index in [1.54, 1.807) is 0 Å². The van der Waals surface area contributed by atoms with Crippen molar-refractivity contribution in [1.29, 1.82) is 0 Å². The van der Waals surface area contributed by atoms with E-state index in [9.17, 15) is 13.2 Å². The summed E-state index contributed by atoms with van der Waals surface area (Å²) in [6.45, 7) is 4.16. The zero-order valence-corrected chi connectivity index (χ0v) is 13.2. The topological polar surface area (TPSA) is 72.5 Å². The van der Waals surface area contributed by atoms with Crippen molar-refractivity contribution in [1.82, 2.24) is 5.32 Å². The van der Waals surface area contributed by atoms with Gasteiger partial charge >= 0.3 is 0 Å². The van der Waals surface area contributed by atoms with Gasteiger partial charge in [-0.15, -0.1) is 0 Å². The molecule has 1 aliphatic rings. The molecule has 1 aromatic rings. The maximum atomic E-state index is 12.0. The molecule has 0 aromatic heterocycles. The molecule has 0 saturated heterocycles. The molecule has 1 amide bonds. The van der Waals surface area contributed by atoms with Crippen molar-refractivity contribution in [2.75, 3.05) is 18.1 Å². The molecule has 5 nitrogen and oxygen atoms in total. The van der Waals surface area contributed by atoms with Crippen LogP contribution in [-0.2, 0) is 14.6 Å². The van der Waals surface area contributed by atoms with Gasteiger partial charge < -0.3 is 10.1 Å². The van der Waals surface area contributed by atoms with Crippen LogP contribution in [0.3, 0.4) is 0 Å². The third-order valence-electron chi connectivity index (χ3n) is 3.23. The summed E-state index contributed by atoms with van der Waals surface area (Å²) in [5, 5.41) is 2.81. The van der Waals surface area contributed by atoms with E-state index in [2.05, 4.69) is 5.32 Å². The van der Waals surface area contributed by atoms with Crippen molar-refractivity contribution < 1.29 is 17.9 Å². The molecule has 6 heteroatoms. The lowest BCUT2D eigenvalue weighted by Crippen LogP contribution is -2.36. The third-order valence-corrected chi connectivity index (χ3v) is 5.11. The Labute approximate surface area is 125 Å². The molecule has 1 aliphatic heterocycles. The molecule has 1 heterocycles. The molecule has 0 fully saturated rings. The first-order valence-electron chi connectivity index (χ1n) is 7.09. The quantitative estimate of drug-likeness (QED) is 0.898. The van der Waals surface area contributed by atoms with Crippen LogP contribution in [-0.4, -0.2) is 32.4 Å². The molecule has 0 radical (unpaired) electrons. The lowest BCUT2D eigenvalue weighted by Gasteiger charge is -2.26. The number of hydrogen-bond donors (Lipinski definition) is 1. The molecule has 0 aliphatic carbocycles. The third kappa shape index (κ3) is 4.46. The standard InChI is InChI=1S/C15H21NO4S/c1-11(2)9-21(18,19)10-15(17)16-13-7-8-20-14-6-4-3-5-12(13)14/h3-6,11,13H,7-10H2,1-2H3,(H,16,17)/t13-/m1/s1. The van der Waals surface area contributed by atoms with E-state index in [0.29, 0.717) is 13.0 Å². The fraction of sp³-hybridized carbons (Fsp3) is 0.533. The number of rotatable bonds is 5. The van der Waals surface area contributed by atoms with E-state index >= 15 is 0 Å². The first-order valence-corrected chi connectivity index (χ1v) is 8.91. The number of nitrogens with one attached hydrogen (secondary N) is 1. The molecule has 1 aromatic carbocycles. The Morgan fingerprint density at radius 1 is 1.38 bits per heavy atom. The minimum absolute atomic E-state index is 0.0200. The molecule has 21 heavy (non-hydrogen) atoms. The summed E-state index contributed by atoms with van der Waals surface area (Å²) >= 11 is 0. The number of carbonyl (C=O) groups is 1. The van der Waals surface area contributed by atoms with Crippen LogP contribution in [0.15, 0.2) is 24.3 Å². The second-order valence-corrected chi connectivity index (χ2v) is 7.85. The monoisotopic (exact) mass is 311 g/mol. The summed E-state index contributed by atoms with van der Waals surface area (Å²) in [6, 6.07) is 7.31. The summed E-state index contributed by atoms with van der Waals surface area (Å²) in [7, 11) is -3.35. The molecule has 0 bridgehead atoms. The van der Waals surface area contributed by atoms with Crippen LogP contribution in [0.5, 0.6) is 5.75 Å². The number of sulfone groups is 1. The van der Waals surface area contributed by atoms with Gasteiger partial charge in [-0.05, 0) is 12.0 Å². The van der Waals surface area contributed by atoms with Gasteiger partial charge in [0.2, 0.25) is 5.91 Å². The van der Waals surface area contributed by atoms with Gasteiger partial charge in [-0.1, -0.05) is 32.0 Å². The van der Waals surface area contributed by atoms with Gasteiger partial charge in [-0.3, -0.25) is 4.79 Å². The Kier molecular flexibility index (Phi) is 4.88. The first kappa shape index (κ1) is 15.8. The molecule has 0 saturated carbocycles. The van der Waals surface area contributed by atoms with Crippen LogP contribution >= 0.6 is 0 Å². The Morgan fingerprint density at radius 3 is 2.81 bits per heavy atom. The highest BCUT2D eigenvalue weighted by atomic mass is 32.2. The molecule has 2 rings (SSSR count). The van der Waals surface area contributed by atoms with Crippen molar-refractivity contribution in [3.63, 3.8) is 0 Å². The van der Waals surface area contributed by atoms with Crippen molar-refractivity contribution in [2.24, 2.45) is 5.92 Å². The van der Waals surface area contributed by atoms with Gasteiger partial charge in [-0.2, -0.15) is 0 Å². The van der Waals surface area contributed by atoms with Crippen molar-refractivity contribution in [2.45, 2.75) is 26.3 Å². The second kappa shape index (κ2) is 6.47. The lowest BCUT2D eigenvalue weighted by atomic mass is 10.0. The van der Waals surface area contributed by atoms with Crippen LogP contribution in [0.25, 0.3) is 0 Å². The highest BCUT2D eigenvalue weighted by Gasteiger charge is 2.25. The van der Waals surface area contributed by atoms with E-state index in [1.165, 1.54) is 0 Å². The lowest BCUT2D eigenvalue weighted by molar-refractivity contribution is -0.119. The molecule has 0 spiro atoms. The number of para-hydroxylation sites is 1. The maximum absolute atomic E-state index is 12.0. The molecule has 0 unspecified atom stereocenters. The number of benzene rings is 1. The van der Waals surface area contributed by atoms with Crippen LogP contribution in [0.2, 0.25) is 0 Å². The zero-order chi connectivity index (χ0) is 15.5. The summed E-state index contributed by atoms with van der Waals surface area (Å²) in [6.07, 6.45) is 0.646. The predicted octanol–water partition coefficient (Wildman–Crippen LogP) is 1.70. The number of amides is 1. The summed E-state index contributed by atoms with van der Waals surface area (Å²) < 4.78 is 29.2. The Balaban J connectivity index is 2.01. The molecule has 116 valence electrons. The smallest absolute Gasteiger partial charge is 0.235 e. The first-order chi connectivity index (χ1) is 9.87. The van der Waals surface area contributed by atoms with Gasteiger partial charge in [0.1, 0.15) is 11.5 Å². The number of ether oxygens (including phenoxy) is 1. The van der Waals surface area contributed by atoms with Gasteiger partial charge in [0.25, 0.3) is 0 Å². The highest BCUT2D eigenvalue weighted by molar-refractivity contribution is 7.92. The van der Waals surface area contributed by atoms with E-state index < -0.39 is 21.5 Å². The maximum Gasteiger partial charge on any atom is 0.235 e. The van der Waals surface area contributed by atoms with Crippen LogP contribution in [0.1, 0.15) is 31.9 Å². The summed E-state index contributed by atoms with van der Waals surface area (Å²) in [5.41, 5.74) is 0.901. The van der Waals surface area contributed by atoms with Crippen molar-refractivity contribution >= 4 is 15.7 Å². The zero-order valence-electron chi connectivity index (χ0n) is 12.3. The average Bonchev–Trinajstić information content (AvgIpc) is 2.36. The predicted molar refractivity (Wildman–Crippen MR) is 80.9 cm³/mol. The number of fused-ring (bicyclic) bond motifs is 1. The Hall–Kier alpha value is -1.56. The van der Waals surface area contributed by atoms with E-state index in [1.807, 2.05) is 38.1 Å². The highest BCUT2D eigenvalue weighted by Crippen LogP contribution is 2.31. The van der Waals surface area contributed by atoms with E-state index in [-0.39, 0.29) is 17.7 Å². The van der Waals surface area contributed by atoms with Crippen molar-refractivity contribution in [3.05, 3.63) is 29.8 Å². The van der Waals surface area contributed by atoms with Crippen LogP contribution < -0.4 is 10.1 Å². The minimum atomic E-state index is -3.35. The molecular weight excluding hydrogens is 290 g/mol. The fourth-order valence-electron chi connectivity index (χ4n) is 2.49. The molecule has 1 atom stereocenters. The number of hydrogen-bond acceptors (Lipinski definition) is 4. The average molecular weight is 311 g/mol. The van der Waals surface area contributed by atoms with Gasteiger partial charge in [0, 0.05) is 12.0 Å².